The Kier molecular flexibility index (Phi) is 3.55. The summed E-state index contributed by atoms with van der Waals surface area (Å²) in [6, 6.07) is 0. The van der Waals surface area contributed by atoms with E-state index >= 15 is 0 Å². The molecule has 1 unspecified atom stereocenters. The SMILES string of the molecule is CC1=C(C(C)C)C=CC=S1C(C)C. The maximum atomic E-state index is 2.35. The predicted octanol–water partition coefficient (Wildman–Crippen LogP) is 3.97. The molecular formula is C12H20S. The van der Waals surface area contributed by atoms with Crippen LogP contribution in [-0.2, 0) is 0 Å². The molecule has 0 aromatic carbocycles. The second kappa shape index (κ2) is 4.28. The maximum absolute atomic E-state index is 2.35. The lowest BCUT2D eigenvalue weighted by Gasteiger charge is -2.21. The zero-order valence-corrected chi connectivity index (χ0v) is 10.1. The molecule has 0 fully saturated rings. The molecule has 0 spiro atoms. The number of rotatable bonds is 2. The standard InChI is InChI=1S/C12H20S/c1-9(2)12-7-6-8-13(10(3)4)11(12)5/h6-10H,1-5H3. The summed E-state index contributed by atoms with van der Waals surface area (Å²) in [4.78, 5) is 1.59. The first-order valence-electron chi connectivity index (χ1n) is 4.98. The topological polar surface area (TPSA) is 0 Å². The van der Waals surface area contributed by atoms with Gasteiger partial charge in [0.05, 0.1) is 0 Å². The van der Waals surface area contributed by atoms with E-state index in [2.05, 4.69) is 52.1 Å². The van der Waals surface area contributed by atoms with Crippen molar-refractivity contribution in [3.63, 3.8) is 0 Å². The fourth-order valence-corrected chi connectivity index (χ4v) is 3.74. The van der Waals surface area contributed by atoms with E-state index in [1.165, 1.54) is 0 Å². The van der Waals surface area contributed by atoms with Gasteiger partial charge < -0.3 is 0 Å². The molecule has 0 saturated carbocycles. The smallest absolute Gasteiger partial charge is 0.00185 e. The highest BCUT2D eigenvalue weighted by Gasteiger charge is 2.12. The molecule has 13 heavy (non-hydrogen) atoms. The van der Waals surface area contributed by atoms with Gasteiger partial charge in [-0.25, -0.2) is 0 Å². The van der Waals surface area contributed by atoms with Crippen LogP contribution in [0, 0.1) is 5.92 Å². The quantitative estimate of drug-likeness (QED) is 0.586. The van der Waals surface area contributed by atoms with Crippen LogP contribution in [0.3, 0.4) is 0 Å². The molecule has 1 rings (SSSR count). The van der Waals surface area contributed by atoms with Crippen LogP contribution in [0.25, 0.3) is 0 Å². The monoisotopic (exact) mass is 196 g/mol. The van der Waals surface area contributed by atoms with Crippen molar-refractivity contribution in [1.29, 1.82) is 0 Å². The Hall–Kier alpha value is -0.300. The van der Waals surface area contributed by atoms with Gasteiger partial charge in [-0.3, -0.25) is 0 Å². The minimum atomic E-state index is 0.376. The first-order valence-corrected chi connectivity index (χ1v) is 6.33. The summed E-state index contributed by atoms with van der Waals surface area (Å²) in [7, 11) is 0.376. The van der Waals surface area contributed by atoms with Crippen molar-refractivity contribution in [3.05, 3.63) is 22.6 Å². The summed E-state index contributed by atoms with van der Waals surface area (Å²) in [6.45, 7) is 11.5. The fraction of sp³-hybridized carbons (Fsp3) is 0.583. The van der Waals surface area contributed by atoms with Crippen molar-refractivity contribution in [3.8, 4) is 0 Å². The van der Waals surface area contributed by atoms with Crippen molar-refractivity contribution in [2.45, 2.75) is 39.9 Å². The van der Waals surface area contributed by atoms with Gasteiger partial charge in [0.2, 0.25) is 0 Å². The lowest BCUT2D eigenvalue weighted by Crippen LogP contribution is -2.02. The Morgan fingerprint density at radius 3 is 2.23 bits per heavy atom. The second-order valence-corrected chi connectivity index (χ2v) is 6.65. The van der Waals surface area contributed by atoms with Crippen LogP contribution in [0.15, 0.2) is 22.6 Å². The highest BCUT2D eigenvalue weighted by atomic mass is 32.2. The summed E-state index contributed by atoms with van der Waals surface area (Å²) in [5, 5.41) is 3.10. The third-order valence-electron chi connectivity index (χ3n) is 2.39. The van der Waals surface area contributed by atoms with Gasteiger partial charge in [-0.2, -0.15) is 10.5 Å². The molecule has 0 nitrogen and oxygen atoms in total. The lowest BCUT2D eigenvalue weighted by atomic mass is 10.0. The molecule has 0 aromatic rings. The van der Waals surface area contributed by atoms with Crippen LogP contribution in [-0.4, -0.2) is 10.6 Å². The van der Waals surface area contributed by atoms with E-state index in [4.69, 9.17) is 0 Å². The van der Waals surface area contributed by atoms with E-state index < -0.39 is 0 Å². The van der Waals surface area contributed by atoms with E-state index in [9.17, 15) is 0 Å². The Bertz CT molecular complexity index is 277. The minimum absolute atomic E-state index is 0.376. The zero-order valence-electron chi connectivity index (χ0n) is 9.29. The summed E-state index contributed by atoms with van der Waals surface area (Å²) in [6.07, 6.45) is 4.50. The normalized spacial score (nSPS) is 22.8. The first-order chi connectivity index (χ1) is 6.04. The van der Waals surface area contributed by atoms with E-state index in [1.54, 1.807) is 10.5 Å². The van der Waals surface area contributed by atoms with E-state index in [-0.39, 0.29) is 0 Å². The Morgan fingerprint density at radius 1 is 1.15 bits per heavy atom. The number of hydrogen-bond acceptors (Lipinski definition) is 0. The molecule has 1 aliphatic rings. The van der Waals surface area contributed by atoms with E-state index in [0.29, 0.717) is 16.4 Å². The van der Waals surface area contributed by atoms with Crippen LogP contribution in [0.1, 0.15) is 34.6 Å². The molecule has 74 valence electrons. The largest absolute Gasteiger partial charge is 0.156 e. The molecule has 0 radical (unpaired) electrons. The van der Waals surface area contributed by atoms with Crippen molar-refractivity contribution < 1.29 is 0 Å². The fourth-order valence-electron chi connectivity index (χ4n) is 1.69. The Balaban J connectivity index is 3.06. The lowest BCUT2D eigenvalue weighted by molar-refractivity contribution is 0.787. The van der Waals surface area contributed by atoms with Gasteiger partial charge in [0, 0.05) is 0 Å². The molecule has 1 aliphatic heterocycles. The van der Waals surface area contributed by atoms with Crippen molar-refractivity contribution in [2.75, 3.05) is 0 Å². The Labute approximate surface area is 84.7 Å². The Morgan fingerprint density at radius 2 is 1.77 bits per heavy atom. The number of hydrogen-bond donors (Lipinski definition) is 0. The van der Waals surface area contributed by atoms with Gasteiger partial charge in [0.15, 0.2) is 0 Å². The zero-order chi connectivity index (χ0) is 10.0. The molecular weight excluding hydrogens is 176 g/mol. The van der Waals surface area contributed by atoms with Gasteiger partial charge in [-0.15, -0.1) is 0 Å². The third-order valence-corrected chi connectivity index (χ3v) is 4.80. The van der Waals surface area contributed by atoms with Crippen molar-refractivity contribution in [2.24, 2.45) is 5.92 Å². The average Bonchev–Trinajstić information content (AvgIpc) is 2.03. The van der Waals surface area contributed by atoms with E-state index in [0.717, 1.165) is 5.25 Å². The molecule has 1 heteroatoms. The van der Waals surface area contributed by atoms with Crippen LogP contribution in [0.2, 0.25) is 0 Å². The third kappa shape index (κ3) is 2.34. The van der Waals surface area contributed by atoms with Crippen LogP contribution >= 0.6 is 10.5 Å². The van der Waals surface area contributed by atoms with Crippen molar-refractivity contribution >= 4 is 15.9 Å². The van der Waals surface area contributed by atoms with Crippen LogP contribution in [0.4, 0.5) is 0 Å². The van der Waals surface area contributed by atoms with Gasteiger partial charge in [-0.05, 0) is 33.9 Å². The highest BCUT2D eigenvalue weighted by molar-refractivity contribution is 8.19. The summed E-state index contributed by atoms with van der Waals surface area (Å²) < 4.78 is 0. The van der Waals surface area contributed by atoms with Crippen molar-refractivity contribution in [1.82, 2.24) is 0 Å². The van der Waals surface area contributed by atoms with Gasteiger partial charge in [0.25, 0.3) is 0 Å². The molecule has 0 aromatic heterocycles. The molecule has 0 bridgehead atoms. The average molecular weight is 196 g/mol. The van der Waals surface area contributed by atoms with Gasteiger partial charge in [0.1, 0.15) is 0 Å². The minimum Gasteiger partial charge on any atom is -0.156 e. The molecule has 0 amide bonds. The molecule has 1 atom stereocenters. The summed E-state index contributed by atoms with van der Waals surface area (Å²) in [5.41, 5.74) is 1.54. The van der Waals surface area contributed by atoms with Gasteiger partial charge in [-0.1, -0.05) is 39.8 Å². The summed E-state index contributed by atoms with van der Waals surface area (Å²) >= 11 is 0. The predicted molar refractivity (Wildman–Crippen MR) is 65.5 cm³/mol. The molecule has 1 heterocycles. The number of allylic oxidation sites excluding steroid dienone is 4. The summed E-state index contributed by atoms with van der Waals surface area (Å²) in [5.74, 6) is 0.665. The molecule has 0 N–H and O–H groups in total. The van der Waals surface area contributed by atoms with E-state index in [1.807, 2.05) is 0 Å². The van der Waals surface area contributed by atoms with Gasteiger partial charge >= 0.3 is 0 Å². The molecule has 0 aliphatic carbocycles. The molecule has 0 saturated heterocycles. The van der Waals surface area contributed by atoms with Crippen LogP contribution in [0.5, 0.6) is 0 Å². The maximum Gasteiger partial charge on any atom is -0.00185 e. The second-order valence-electron chi connectivity index (χ2n) is 4.08. The first kappa shape index (κ1) is 10.8. The highest BCUT2D eigenvalue weighted by Crippen LogP contribution is 2.36. The van der Waals surface area contributed by atoms with Crippen LogP contribution < -0.4 is 0 Å².